The summed E-state index contributed by atoms with van der Waals surface area (Å²) >= 11 is 1.45. The SMILES string of the molecule is COc1ccc2nc(CCNC(=O)[C@@H](C)Sc3ccccn3)[nH]c2c1. The molecule has 0 radical (unpaired) electrons. The van der Waals surface area contributed by atoms with Crippen molar-refractivity contribution in [1.29, 1.82) is 0 Å². The van der Waals surface area contributed by atoms with Crippen LogP contribution in [0.15, 0.2) is 47.6 Å². The summed E-state index contributed by atoms with van der Waals surface area (Å²) in [5.41, 5.74) is 1.82. The predicted octanol–water partition coefficient (Wildman–Crippen LogP) is 2.81. The molecule has 3 aromatic rings. The lowest BCUT2D eigenvalue weighted by Gasteiger charge is -2.10. The van der Waals surface area contributed by atoms with Gasteiger partial charge in [-0.2, -0.15) is 0 Å². The normalized spacial score (nSPS) is 12.1. The summed E-state index contributed by atoms with van der Waals surface area (Å²) in [6.07, 6.45) is 2.37. The molecule has 1 aromatic carbocycles. The van der Waals surface area contributed by atoms with Gasteiger partial charge in [0.1, 0.15) is 11.6 Å². The Bertz CT molecular complexity index is 851. The van der Waals surface area contributed by atoms with E-state index in [1.165, 1.54) is 11.8 Å². The Morgan fingerprint density at radius 1 is 1.36 bits per heavy atom. The van der Waals surface area contributed by atoms with E-state index in [1.807, 2.05) is 43.3 Å². The van der Waals surface area contributed by atoms with Crippen molar-refractivity contribution in [3.05, 3.63) is 48.4 Å². The van der Waals surface area contributed by atoms with Gasteiger partial charge in [0.25, 0.3) is 0 Å². The number of ether oxygens (including phenoxy) is 1. The molecule has 0 bridgehead atoms. The van der Waals surface area contributed by atoms with E-state index in [1.54, 1.807) is 13.3 Å². The number of carbonyl (C=O) groups is 1. The smallest absolute Gasteiger partial charge is 0.233 e. The molecule has 1 atom stereocenters. The molecular weight excluding hydrogens is 336 g/mol. The highest BCUT2D eigenvalue weighted by atomic mass is 32.2. The van der Waals surface area contributed by atoms with Crippen LogP contribution < -0.4 is 10.1 Å². The van der Waals surface area contributed by atoms with Crippen molar-refractivity contribution in [2.75, 3.05) is 13.7 Å². The molecule has 0 unspecified atom stereocenters. The molecule has 1 amide bonds. The van der Waals surface area contributed by atoms with Gasteiger partial charge in [-0.15, -0.1) is 0 Å². The van der Waals surface area contributed by atoms with E-state index in [9.17, 15) is 4.79 Å². The van der Waals surface area contributed by atoms with Gasteiger partial charge in [-0.25, -0.2) is 9.97 Å². The zero-order chi connectivity index (χ0) is 17.6. The van der Waals surface area contributed by atoms with E-state index in [0.717, 1.165) is 27.6 Å². The maximum absolute atomic E-state index is 12.2. The molecule has 25 heavy (non-hydrogen) atoms. The van der Waals surface area contributed by atoms with Crippen LogP contribution >= 0.6 is 11.8 Å². The summed E-state index contributed by atoms with van der Waals surface area (Å²) in [5.74, 6) is 1.62. The number of H-pyrrole nitrogens is 1. The van der Waals surface area contributed by atoms with Crippen molar-refractivity contribution in [2.45, 2.75) is 23.6 Å². The first-order valence-electron chi connectivity index (χ1n) is 8.04. The average molecular weight is 356 g/mol. The summed E-state index contributed by atoms with van der Waals surface area (Å²) in [6, 6.07) is 11.4. The van der Waals surface area contributed by atoms with E-state index >= 15 is 0 Å². The molecule has 130 valence electrons. The molecule has 3 rings (SSSR count). The highest BCUT2D eigenvalue weighted by Crippen LogP contribution is 2.20. The Kier molecular flexibility index (Phi) is 5.55. The molecule has 0 aliphatic heterocycles. The Morgan fingerprint density at radius 2 is 2.24 bits per heavy atom. The van der Waals surface area contributed by atoms with E-state index in [0.29, 0.717) is 13.0 Å². The molecule has 0 saturated carbocycles. The number of benzene rings is 1. The van der Waals surface area contributed by atoms with Crippen LogP contribution in [0.4, 0.5) is 0 Å². The molecule has 0 aliphatic rings. The Balaban J connectivity index is 1.51. The zero-order valence-electron chi connectivity index (χ0n) is 14.2. The van der Waals surface area contributed by atoms with E-state index in [2.05, 4.69) is 20.3 Å². The van der Waals surface area contributed by atoms with E-state index < -0.39 is 0 Å². The summed E-state index contributed by atoms with van der Waals surface area (Å²) in [5, 5.41) is 3.59. The highest BCUT2D eigenvalue weighted by molar-refractivity contribution is 8.00. The maximum atomic E-state index is 12.2. The van der Waals surface area contributed by atoms with Crippen LogP contribution in [0.25, 0.3) is 11.0 Å². The van der Waals surface area contributed by atoms with E-state index in [4.69, 9.17) is 4.74 Å². The van der Waals surface area contributed by atoms with Crippen LogP contribution in [0.1, 0.15) is 12.7 Å². The van der Waals surface area contributed by atoms with E-state index in [-0.39, 0.29) is 11.2 Å². The third-order valence-corrected chi connectivity index (χ3v) is 4.75. The van der Waals surface area contributed by atoms with Crippen molar-refractivity contribution in [1.82, 2.24) is 20.3 Å². The third kappa shape index (κ3) is 4.51. The van der Waals surface area contributed by atoms with Crippen molar-refractivity contribution < 1.29 is 9.53 Å². The summed E-state index contributed by atoms with van der Waals surface area (Å²) in [7, 11) is 1.64. The van der Waals surface area contributed by atoms with Gasteiger partial charge >= 0.3 is 0 Å². The molecule has 2 heterocycles. The first kappa shape index (κ1) is 17.3. The quantitative estimate of drug-likeness (QED) is 0.636. The number of hydrogen-bond donors (Lipinski definition) is 2. The Hall–Kier alpha value is -2.54. The minimum Gasteiger partial charge on any atom is -0.497 e. The number of nitrogens with zero attached hydrogens (tertiary/aromatic N) is 2. The van der Waals surface area contributed by atoms with Gasteiger partial charge < -0.3 is 15.0 Å². The van der Waals surface area contributed by atoms with Crippen molar-refractivity contribution in [3.8, 4) is 5.75 Å². The lowest BCUT2D eigenvalue weighted by Crippen LogP contribution is -2.32. The maximum Gasteiger partial charge on any atom is 0.233 e. The lowest BCUT2D eigenvalue weighted by molar-refractivity contribution is -0.120. The number of amides is 1. The largest absolute Gasteiger partial charge is 0.497 e. The molecule has 0 aliphatic carbocycles. The third-order valence-electron chi connectivity index (χ3n) is 3.70. The number of rotatable bonds is 7. The fraction of sp³-hybridized carbons (Fsp3) is 0.278. The number of pyridine rings is 1. The van der Waals surface area contributed by atoms with Crippen molar-refractivity contribution in [3.63, 3.8) is 0 Å². The number of imidazole rings is 1. The highest BCUT2D eigenvalue weighted by Gasteiger charge is 2.14. The molecule has 0 saturated heterocycles. The van der Waals surface area contributed by atoms with Crippen LogP contribution in [0.2, 0.25) is 0 Å². The van der Waals surface area contributed by atoms with Gasteiger partial charge in [0.2, 0.25) is 5.91 Å². The van der Waals surface area contributed by atoms with Crippen molar-refractivity contribution >= 4 is 28.7 Å². The molecule has 2 N–H and O–H groups in total. The second kappa shape index (κ2) is 8.02. The number of carbonyl (C=O) groups excluding carboxylic acids is 1. The standard InChI is InChI=1S/C18H20N4O2S/c1-12(25-17-5-3-4-9-19-17)18(23)20-10-8-16-21-14-7-6-13(24-2)11-15(14)22-16/h3-7,9,11-12H,8,10H2,1-2H3,(H,20,23)(H,21,22)/t12-/m1/s1. The minimum atomic E-state index is -0.199. The number of aromatic amines is 1. The van der Waals surface area contributed by atoms with Crippen LogP contribution in [0.5, 0.6) is 5.75 Å². The Labute approximate surface area is 150 Å². The molecule has 0 fully saturated rings. The Morgan fingerprint density at radius 3 is 3.00 bits per heavy atom. The average Bonchev–Trinajstić information content (AvgIpc) is 3.04. The molecule has 6 nitrogen and oxygen atoms in total. The van der Waals surface area contributed by atoms with Crippen LogP contribution in [-0.4, -0.2) is 39.8 Å². The monoisotopic (exact) mass is 356 g/mol. The zero-order valence-corrected chi connectivity index (χ0v) is 15.0. The van der Waals surface area contributed by atoms with Crippen molar-refractivity contribution in [2.24, 2.45) is 0 Å². The van der Waals surface area contributed by atoms with Gasteiger partial charge in [-0.1, -0.05) is 17.8 Å². The number of methoxy groups -OCH3 is 1. The van der Waals surface area contributed by atoms with Crippen LogP contribution in [0.3, 0.4) is 0 Å². The summed E-state index contributed by atoms with van der Waals surface area (Å²) < 4.78 is 5.21. The molecular formula is C18H20N4O2S. The molecule has 2 aromatic heterocycles. The predicted molar refractivity (Wildman–Crippen MR) is 98.9 cm³/mol. The second-order valence-electron chi connectivity index (χ2n) is 5.54. The van der Waals surface area contributed by atoms with Gasteiger partial charge in [0.05, 0.1) is 28.4 Å². The first-order valence-corrected chi connectivity index (χ1v) is 8.91. The first-order chi connectivity index (χ1) is 12.2. The topological polar surface area (TPSA) is 79.9 Å². The van der Waals surface area contributed by atoms with Crippen LogP contribution in [0, 0.1) is 0 Å². The summed E-state index contributed by atoms with van der Waals surface area (Å²) in [4.78, 5) is 24.2. The van der Waals surface area contributed by atoms with Gasteiger partial charge in [0.15, 0.2) is 0 Å². The fourth-order valence-electron chi connectivity index (χ4n) is 2.39. The number of thioether (sulfide) groups is 1. The number of hydrogen-bond acceptors (Lipinski definition) is 5. The van der Waals surface area contributed by atoms with Crippen LogP contribution in [-0.2, 0) is 11.2 Å². The number of fused-ring (bicyclic) bond motifs is 1. The number of nitrogens with one attached hydrogen (secondary N) is 2. The van der Waals surface area contributed by atoms with Gasteiger partial charge in [0, 0.05) is 25.2 Å². The molecule has 7 heteroatoms. The summed E-state index contributed by atoms with van der Waals surface area (Å²) in [6.45, 7) is 2.41. The lowest BCUT2D eigenvalue weighted by atomic mass is 10.3. The van der Waals surface area contributed by atoms with Gasteiger partial charge in [-0.3, -0.25) is 4.79 Å². The van der Waals surface area contributed by atoms with Gasteiger partial charge in [-0.05, 0) is 31.2 Å². The molecule has 0 spiro atoms. The minimum absolute atomic E-state index is 0.00608. The fourth-order valence-corrected chi connectivity index (χ4v) is 3.22. The second-order valence-corrected chi connectivity index (χ2v) is 6.90. The number of aromatic nitrogens is 3.